The molecule has 32 heavy (non-hydrogen) atoms. The van der Waals surface area contributed by atoms with Gasteiger partial charge in [0.05, 0.1) is 26.4 Å². The molecule has 1 N–H and O–H groups in total. The fourth-order valence-corrected chi connectivity index (χ4v) is 4.30. The van der Waals surface area contributed by atoms with Crippen molar-refractivity contribution >= 4 is 11.9 Å². The minimum Gasteiger partial charge on any atom is -0.493 e. The smallest absolute Gasteiger partial charge is 0.338 e. The van der Waals surface area contributed by atoms with E-state index in [2.05, 4.69) is 0 Å². The van der Waals surface area contributed by atoms with E-state index in [1.54, 1.807) is 20.3 Å². The number of hydrogen-bond donors (Lipinski definition) is 1. The normalized spacial score (nSPS) is 15.6. The molecule has 0 aromatic heterocycles. The van der Waals surface area contributed by atoms with E-state index in [4.69, 9.17) is 24.1 Å². The van der Waals surface area contributed by atoms with Gasteiger partial charge in [0.25, 0.3) is 0 Å². The lowest BCUT2D eigenvalue weighted by Crippen LogP contribution is -2.14. The molecule has 0 amide bonds. The number of carboxylic acid groups (broad SMARTS) is 1. The third kappa shape index (κ3) is 4.38. The van der Waals surface area contributed by atoms with Crippen LogP contribution in [0.1, 0.15) is 54.4 Å². The number of methoxy groups -OCH3 is 2. The van der Waals surface area contributed by atoms with Gasteiger partial charge >= 0.3 is 11.9 Å². The van der Waals surface area contributed by atoms with Crippen LogP contribution in [-0.4, -0.2) is 37.9 Å². The van der Waals surface area contributed by atoms with E-state index in [0.717, 1.165) is 42.4 Å². The number of carbonyl (C=O) groups excluding carboxylic acids is 1. The zero-order chi connectivity index (χ0) is 22.7. The number of ether oxygens (including phenoxy) is 4. The average molecular weight is 440 g/mol. The number of carbonyl (C=O) groups is 2. The van der Waals surface area contributed by atoms with Gasteiger partial charge in [0.15, 0.2) is 11.5 Å². The molecular formula is C25H28O7. The van der Waals surface area contributed by atoms with Crippen LogP contribution in [0.4, 0.5) is 0 Å². The minimum atomic E-state index is -0.755. The summed E-state index contributed by atoms with van der Waals surface area (Å²) >= 11 is 0. The van der Waals surface area contributed by atoms with Crippen molar-refractivity contribution in [3.8, 4) is 28.4 Å². The molecular weight excluding hydrogens is 412 g/mol. The average Bonchev–Trinajstić information content (AvgIpc) is 3.47. The first-order valence-electron chi connectivity index (χ1n) is 10.9. The molecule has 0 bridgehead atoms. The molecule has 1 aliphatic heterocycles. The Morgan fingerprint density at radius 1 is 1.03 bits per heavy atom. The molecule has 1 fully saturated rings. The Kier molecular flexibility index (Phi) is 6.26. The van der Waals surface area contributed by atoms with Crippen LogP contribution in [0.25, 0.3) is 11.1 Å². The van der Waals surface area contributed by atoms with Gasteiger partial charge in [-0.25, -0.2) is 4.79 Å². The van der Waals surface area contributed by atoms with Gasteiger partial charge in [-0.3, -0.25) is 4.79 Å². The summed E-state index contributed by atoms with van der Waals surface area (Å²) in [5.41, 5.74) is 3.17. The molecule has 2 aromatic rings. The predicted molar refractivity (Wildman–Crippen MR) is 117 cm³/mol. The van der Waals surface area contributed by atoms with Crippen LogP contribution in [-0.2, 0) is 16.1 Å². The number of unbranched alkanes of at least 4 members (excludes halogenated alkanes) is 1. The van der Waals surface area contributed by atoms with Crippen LogP contribution < -0.4 is 14.2 Å². The van der Waals surface area contributed by atoms with Crippen LogP contribution in [0.3, 0.4) is 0 Å². The fraction of sp³-hybridized carbons (Fsp3) is 0.440. The highest BCUT2D eigenvalue weighted by Crippen LogP contribution is 2.52. The second-order valence-corrected chi connectivity index (χ2v) is 8.48. The van der Waals surface area contributed by atoms with Crippen molar-refractivity contribution in [2.45, 2.75) is 45.1 Å². The molecule has 4 rings (SSSR count). The van der Waals surface area contributed by atoms with Gasteiger partial charge in [-0.2, -0.15) is 0 Å². The maximum atomic E-state index is 12.1. The number of rotatable bonds is 11. The zero-order valence-electron chi connectivity index (χ0n) is 18.4. The molecule has 1 aliphatic carbocycles. The Hall–Kier alpha value is -3.22. The van der Waals surface area contributed by atoms with Gasteiger partial charge < -0.3 is 24.1 Å². The second kappa shape index (κ2) is 9.10. The van der Waals surface area contributed by atoms with Crippen molar-refractivity contribution in [2.75, 3.05) is 20.8 Å². The Balaban J connectivity index is 1.62. The zero-order valence-corrected chi connectivity index (χ0v) is 18.4. The van der Waals surface area contributed by atoms with E-state index in [1.807, 2.05) is 24.3 Å². The number of aliphatic carboxylic acids is 1. The number of esters is 1. The van der Waals surface area contributed by atoms with Crippen molar-refractivity contribution in [1.29, 1.82) is 0 Å². The first kappa shape index (κ1) is 22.0. The maximum absolute atomic E-state index is 12.1. The van der Waals surface area contributed by atoms with Gasteiger partial charge in [-0.15, -0.1) is 0 Å². The quantitative estimate of drug-likeness (QED) is 0.395. The van der Waals surface area contributed by atoms with Gasteiger partial charge in [0, 0.05) is 23.0 Å². The molecule has 7 heteroatoms. The third-order valence-electron chi connectivity index (χ3n) is 6.36. The summed E-state index contributed by atoms with van der Waals surface area (Å²) in [6.45, 7) is 0.743. The SMILES string of the molecule is COc1ccc(-c2cccc3c2COC3=O)c(OCC2(CCCCC(=O)O)CC2)c1OC. The standard InChI is InChI=1S/C25H28O7/c1-29-20-10-9-17(16-6-5-7-18-19(16)14-31-24(18)28)22(23(20)30-2)32-15-25(12-13-25)11-4-3-8-21(26)27/h5-7,9-10H,3-4,8,11-15H2,1-2H3,(H,26,27). The Bertz CT molecular complexity index is 1020. The van der Waals surface area contributed by atoms with Gasteiger partial charge in [0.1, 0.15) is 6.61 Å². The van der Waals surface area contributed by atoms with Gasteiger partial charge in [-0.05, 0) is 49.4 Å². The molecule has 0 radical (unpaired) electrons. The summed E-state index contributed by atoms with van der Waals surface area (Å²) in [5, 5.41) is 8.86. The van der Waals surface area contributed by atoms with Crippen molar-refractivity contribution in [3.63, 3.8) is 0 Å². The Labute approximate surface area is 187 Å². The summed E-state index contributed by atoms with van der Waals surface area (Å²) in [4.78, 5) is 22.8. The Morgan fingerprint density at radius 2 is 1.81 bits per heavy atom. The van der Waals surface area contributed by atoms with Crippen LogP contribution in [0, 0.1) is 5.41 Å². The lowest BCUT2D eigenvalue weighted by atomic mass is 9.95. The van der Waals surface area contributed by atoms with Crippen molar-refractivity contribution in [1.82, 2.24) is 0 Å². The first-order valence-corrected chi connectivity index (χ1v) is 10.9. The highest BCUT2D eigenvalue weighted by molar-refractivity contribution is 5.96. The molecule has 2 aliphatic rings. The lowest BCUT2D eigenvalue weighted by molar-refractivity contribution is -0.137. The van der Waals surface area contributed by atoms with E-state index < -0.39 is 5.97 Å². The topological polar surface area (TPSA) is 91.3 Å². The molecule has 1 heterocycles. The van der Waals surface area contributed by atoms with Gasteiger partial charge in [0.2, 0.25) is 5.75 Å². The summed E-state index contributed by atoms with van der Waals surface area (Å²) in [6.07, 6.45) is 4.80. The van der Waals surface area contributed by atoms with Crippen LogP contribution in [0.2, 0.25) is 0 Å². The molecule has 0 saturated heterocycles. The van der Waals surface area contributed by atoms with E-state index in [1.165, 1.54) is 0 Å². The summed E-state index contributed by atoms with van der Waals surface area (Å²) < 4.78 is 22.8. The maximum Gasteiger partial charge on any atom is 0.338 e. The first-order chi connectivity index (χ1) is 15.5. The van der Waals surface area contributed by atoms with Crippen LogP contribution in [0.5, 0.6) is 17.2 Å². The van der Waals surface area contributed by atoms with E-state index >= 15 is 0 Å². The number of benzene rings is 2. The molecule has 0 spiro atoms. The number of fused-ring (bicyclic) bond motifs is 1. The molecule has 1 saturated carbocycles. The molecule has 170 valence electrons. The summed E-state index contributed by atoms with van der Waals surface area (Å²) in [5.74, 6) is 0.584. The fourth-order valence-electron chi connectivity index (χ4n) is 4.30. The largest absolute Gasteiger partial charge is 0.493 e. The van der Waals surface area contributed by atoms with Crippen molar-refractivity contribution in [2.24, 2.45) is 5.41 Å². The summed E-state index contributed by atoms with van der Waals surface area (Å²) in [6, 6.07) is 9.31. The van der Waals surface area contributed by atoms with E-state index in [-0.39, 0.29) is 24.4 Å². The van der Waals surface area contributed by atoms with Crippen molar-refractivity contribution in [3.05, 3.63) is 41.5 Å². The highest BCUT2D eigenvalue weighted by atomic mass is 16.5. The van der Waals surface area contributed by atoms with Crippen molar-refractivity contribution < 1.29 is 33.6 Å². The Morgan fingerprint density at radius 3 is 2.50 bits per heavy atom. The van der Waals surface area contributed by atoms with E-state index in [9.17, 15) is 9.59 Å². The number of cyclic esters (lactones) is 1. The van der Waals surface area contributed by atoms with Gasteiger partial charge in [-0.1, -0.05) is 18.6 Å². The predicted octanol–water partition coefficient (Wildman–Crippen LogP) is 4.85. The number of carboxylic acids is 1. The summed E-state index contributed by atoms with van der Waals surface area (Å²) in [7, 11) is 3.16. The third-order valence-corrected chi connectivity index (χ3v) is 6.36. The number of hydrogen-bond acceptors (Lipinski definition) is 6. The van der Waals surface area contributed by atoms with E-state index in [0.29, 0.717) is 35.8 Å². The second-order valence-electron chi connectivity index (χ2n) is 8.48. The molecule has 0 atom stereocenters. The molecule has 0 unspecified atom stereocenters. The van der Waals surface area contributed by atoms with Crippen LogP contribution >= 0.6 is 0 Å². The highest BCUT2D eigenvalue weighted by Gasteiger charge is 2.43. The minimum absolute atomic E-state index is 0.0710. The molecule has 7 nitrogen and oxygen atoms in total. The molecule has 2 aromatic carbocycles. The monoisotopic (exact) mass is 440 g/mol. The van der Waals surface area contributed by atoms with Crippen LogP contribution in [0.15, 0.2) is 30.3 Å². The lowest BCUT2D eigenvalue weighted by Gasteiger charge is -2.22.